The summed E-state index contributed by atoms with van der Waals surface area (Å²) in [4.78, 5) is 4.00. The molecule has 1 aliphatic carbocycles. The first-order chi connectivity index (χ1) is 5.42. The van der Waals surface area contributed by atoms with Gasteiger partial charge in [-0.05, 0) is 24.8 Å². The highest BCUT2D eigenvalue weighted by atomic mass is 16.5. The smallest absolute Gasteiger partial charge is 0.140 e. The molecule has 0 bridgehead atoms. The molecule has 0 aromatic carbocycles. The third-order valence-electron chi connectivity index (χ3n) is 2.05. The highest BCUT2D eigenvalue weighted by molar-refractivity contribution is 5.35. The molecule has 0 saturated heterocycles. The number of hydrogen-bond acceptors (Lipinski definition) is 2. The summed E-state index contributed by atoms with van der Waals surface area (Å²) in [6.07, 6.45) is 6.23. The van der Waals surface area contributed by atoms with Crippen LogP contribution in [0.25, 0.3) is 0 Å². The first kappa shape index (κ1) is 6.65. The van der Waals surface area contributed by atoms with Gasteiger partial charge in [0.25, 0.3) is 0 Å². The molecule has 0 radical (unpaired) electrons. The van der Waals surface area contributed by atoms with Crippen molar-refractivity contribution in [2.45, 2.75) is 18.8 Å². The standard InChI is InChI=1S/C9H11NO/c1-11-9-6-10-5-4-8(9)7-2-3-7/h4-7H,2-3H2,1H3. The number of pyridine rings is 1. The zero-order valence-corrected chi connectivity index (χ0v) is 6.58. The zero-order chi connectivity index (χ0) is 7.68. The topological polar surface area (TPSA) is 22.1 Å². The summed E-state index contributed by atoms with van der Waals surface area (Å²) in [5.41, 5.74) is 1.32. The van der Waals surface area contributed by atoms with Gasteiger partial charge in [0.1, 0.15) is 5.75 Å². The summed E-state index contributed by atoms with van der Waals surface area (Å²) in [7, 11) is 1.70. The van der Waals surface area contributed by atoms with Gasteiger partial charge in [0, 0.05) is 11.8 Å². The lowest BCUT2D eigenvalue weighted by molar-refractivity contribution is 0.408. The average molecular weight is 149 g/mol. The molecule has 1 saturated carbocycles. The highest BCUT2D eigenvalue weighted by Gasteiger charge is 2.26. The second-order valence-electron chi connectivity index (χ2n) is 2.89. The third-order valence-corrected chi connectivity index (χ3v) is 2.05. The maximum Gasteiger partial charge on any atom is 0.140 e. The van der Waals surface area contributed by atoms with Crippen LogP contribution in [0.15, 0.2) is 18.5 Å². The van der Waals surface area contributed by atoms with E-state index in [-0.39, 0.29) is 0 Å². The Morgan fingerprint density at radius 1 is 1.55 bits per heavy atom. The number of methoxy groups -OCH3 is 1. The van der Waals surface area contributed by atoms with Crippen molar-refractivity contribution in [2.24, 2.45) is 0 Å². The van der Waals surface area contributed by atoms with Crippen LogP contribution in [0.2, 0.25) is 0 Å². The van der Waals surface area contributed by atoms with Crippen molar-refractivity contribution >= 4 is 0 Å². The molecule has 0 unspecified atom stereocenters. The van der Waals surface area contributed by atoms with Crippen LogP contribution in [0.3, 0.4) is 0 Å². The molecule has 0 atom stereocenters. The predicted octanol–water partition coefficient (Wildman–Crippen LogP) is 1.97. The van der Waals surface area contributed by atoms with E-state index in [1.807, 2.05) is 6.20 Å². The highest BCUT2D eigenvalue weighted by Crippen LogP contribution is 2.43. The van der Waals surface area contributed by atoms with Gasteiger partial charge in [-0.15, -0.1) is 0 Å². The second kappa shape index (κ2) is 2.53. The molecule has 11 heavy (non-hydrogen) atoms. The molecule has 1 aromatic heterocycles. The van der Waals surface area contributed by atoms with Crippen LogP contribution >= 0.6 is 0 Å². The molecule has 1 fully saturated rings. The Balaban J connectivity index is 2.34. The van der Waals surface area contributed by atoms with Crippen LogP contribution in [0, 0.1) is 0 Å². The van der Waals surface area contributed by atoms with Crippen LogP contribution in [-0.2, 0) is 0 Å². The van der Waals surface area contributed by atoms with E-state index in [0.717, 1.165) is 11.7 Å². The summed E-state index contributed by atoms with van der Waals surface area (Å²) < 4.78 is 5.18. The third kappa shape index (κ3) is 1.20. The van der Waals surface area contributed by atoms with Crippen molar-refractivity contribution in [1.29, 1.82) is 0 Å². The summed E-state index contributed by atoms with van der Waals surface area (Å²) in [6, 6.07) is 2.05. The molecule has 1 heterocycles. The van der Waals surface area contributed by atoms with E-state index < -0.39 is 0 Å². The van der Waals surface area contributed by atoms with E-state index in [9.17, 15) is 0 Å². The van der Waals surface area contributed by atoms with Gasteiger partial charge < -0.3 is 4.74 Å². The lowest BCUT2D eigenvalue weighted by Gasteiger charge is -2.04. The van der Waals surface area contributed by atoms with Crippen LogP contribution in [0.1, 0.15) is 24.3 Å². The Morgan fingerprint density at radius 3 is 3.00 bits per heavy atom. The molecule has 0 N–H and O–H groups in total. The Bertz CT molecular complexity index is 255. The van der Waals surface area contributed by atoms with E-state index in [0.29, 0.717) is 0 Å². The van der Waals surface area contributed by atoms with Crippen molar-refractivity contribution in [3.05, 3.63) is 24.0 Å². The maximum absolute atomic E-state index is 5.18. The van der Waals surface area contributed by atoms with Gasteiger partial charge in [0.15, 0.2) is 0 Å². The first-order valence-corrected chi connectivity index (χ1v) is 3.89. The number of hydrogen-bond donors (Lipinski definition) is 0. The van der Waals surface area contributed by atoms with Crippen molar-refractivity contribution in [1.82, 2.24) is 4.98 Å². The molecule has 1 aromatic rings. The molecular formula is C9H11NO. The SMILES string of the molecule is COc1cnccc1C1CC1. The van der Waals surface area contributed by atoms with Gasteiger partial charge in [0.05, 0.1) is 13.3 Å². The molecule has 2 heteroatoms. The fourth-order valence-electron chi connectivity index (χ4n) is 1.29. The number of ether oxygens (including phenoxy) is 1. The fourth-order valence-corrected chi connectivity index (χ4v) is 1.29. The largest absolute Gasteiger partial charge is 0.495 e. The molecule has 2 nitrogen and oxygen atoms in total. The van der Waals surface area contributed by atoms with E-state index in [1.165, 1.54) is 18.4 Å². The molecule has 58 valence electrons. The normalized spacial score (nSPS) is 16.5. The van der Waals surface area contributed by atoms with Gasteiger partial charge in [0.2, 0.25) is 0 Å². The predicted molar refractivity (Wildman–Crippen MR) is 42.8 cm³/mol. The minimum atomic E-state index is 0.743. The van der Waals surface area contributed by atoms with Gasteiger partial charge in [-0.2, -0.15) is 0 Å². The van der Waals surface area contributed by atoms with Crippen LogP contribution in [0.5, 0.6) is 5.75 Å². The number of aromatic nitrogens is 1. The van der Waals surface area contributed by atoms with Gasteiger partial charge in [-0.25, -0.2) is 0 Å². The minimum absolute atomic E-state index is 0.743. The zero-order valence-electron chi connectivity index (χ0n) is 6.58. The lowest BCUT2D eigenvalue weighted by Crippen LogP contribution is -1.90. The van der Waals surface area contributed by atoms with E-state index in [1.54, 1.807) is 13.3 Å². The van der Waals surface area contributed by atoms with Gasteiger partial charge in [-0.1, -0.05) is 0 Å². The summed E-state index contributed by atoms with van der Waals surface area (Å²) in [5, 5.41) is 0. The fraction of sp³-hybridized carbons (Fsp3) is 0.444. The van der Waals surface area contributed by atoms with Gasteiger partial charge >= 0.3 is 0 Å². The van der Waals surface area contributed by atoms with E-state index in [2.05, 4.69) is 11.1 Å². The first-order valence-electron chi connectivity index (χ1n) is 3.89. The van der Waals surface area contributed by atoms with Crippen LogP contribution in [0.4, 0.5) is 0 Å². The minimum Gasteiger partial charge on any atom is -0.495 e. The lowest BCUT2D eigenvalue weighted by atomic mass is 10.1. The number of rotatable bonds is 2. The van der Waals surface area contributed by atoms with Crippen molar-refractivity contribution < 1.29 is 4.74 Å². The molecule has 2 rings (SSSR count). The van der Waals surface area contributed by atoms with E-state index >= 15 is 0 Å². The summed E-state index contributed by atoms with van der Waals surface area (Å²) in [5.74, 6) is 1.68. The molecule has 0 amide bonds. The van der Waals surface area contributed by atoms with Crippen molar-refractivity contribution in [3.63, 3.8) is 0 Å². The quantitative estimate of drug-likeness (QED) is 0.641. The van der Waals surface area contributed by atoms with Crippen molar-refractivity contribution in [3.8, 4) is 5.75 Å². The van der Waals surface area contributed by atoms with Crippen LogP contribution < -0.4 is 4.74 Å². The molecule has 1 aliphatic rings. The Hall–Kier alpha value is -1.05. The van der Waals surface area contributed by atoms with Crippen LogP contribution in [-0.4, -0.2) is 12.1 Å². The second-order valence-corrected chi connectivity index (χ2v) is 2.89. The summed E-state index contributed by atoms with van der Waals surface area (Å²) >= 11 is 0. The maximum atomic E-state index is 5.18. The Labute approximate surface area is 66.2 Å². The summed E-state index contributed by atoms with van der Waals surface area (Å²) in [6.45, 7) is 0. The molecule has 0 spiro atoms. The Morgan fingerprint density at radius 2 is 2.36 bits per heavy atom. The van der Waals surface area contributed by atoms with Crippen molar-refractivity contribution in [2.75, 3.05) is 7.11 Å². The molecular weight excluding hydrogens is 138 g/mol. The molecule has 0 aliphatic heterocycles. The number of nitrogens with zero attached hydrogens (tertiary/aromatic N) is 1. The van der Waals surface area contributed by atoms with Gasteiger partial charge in [-0.3, -0.25) is 4.98 Å². The Kier molecular flexibility index (Phi) is 1.53. The average Bonchev–Trinajstić information content (AvgIpc) is 2.87. The monoisotopic (exact) mass is 149 g/mol. The van der Waals surface area contributed by atoms with E-state index in [4.69, 9.17) is 4.74 Å².